The fourth-order valence-electron chi connectivity index (χ4n) is 2.69. The van der Waals surface area contributed by atoms with Gasteiger partial charge in [-0.3, -0.25) is 9.59 Å². The molecule has 2 amide bonds. The maximum Gasteiger partial charge on any atom is 0.242 e. The first kappa shape index (κ1) is 21.4. The Morgan fingerprint density at radius 1 is 1.07 bits per heavy atom. The number of carbonyl (C=O) groups is 2. The van der Waals surface area contributed by atoms with E-state index in [1.807, 2.05) is 25.3 Å². The van der Waals surface area contributed by atoms with E-state index in [0.29, 0.717) is 19.6 Å². The summed E-state index contributed by atoms with van der Waals surface area (Å²) in [7, 11) is 0. The number of aryl methyl sites for hydroxylation is 1. The van der Waals surface area contributed by atoms with Gasteiger partial charge in [0.1, 0.15) is 11.7 Å². The van der Waals surface area contributed by atoms with Crippen LogP contribution < -0.4 is 0 Å². The molecule has 0 aliphatic carbocycles. The molecule has 1 aromatic heterocycles. The van der Waals surface area contributed by atoms with Gasteiger partial charge in [0.05, 0.1) is 13.1 Å². The maximum absolute atomic E-state index is 13.2. The second-order valence-electron chi connectivity index (χ2n) is 6.35. The Hall–Kier alpha value is -1.92. The average Bonchev–Trinajstić information content (AvgIpc) is 3.06. The minimum Gasteiger partial charge on any atom is -0.332 e. The average molecular weight is 411 g/mol. The molecule has 0 atom stereocenters. The topological polar surface area (TPSA) is 40.6 Å². The lowest BCUT2D eigenvalue weighted by Gasteiger charge is -2.27. The Kier molecular flexibility index (Phi) is 8.25. The molecule has 0 saturated carbocycles. The van der Waals surface area contributed by atoms with Crippen LogP contribution in [0.1, 0.15) is 29.3 Å². The monoisotopic (exact) mass is 410 g/mol. The molecule has 0 saturated heterocycles. The van der Waals surface area contributed by atoms with Gasteiger partial charge >= 0.3 is 0 Å². The van der Waals surface area contributed by atoms with E-state index >= 15 is 0 Å². The summed E-state index contributed by atoms with van der Waals surface area (Å²) < 4.78 is 13.2. The van der Waals surface area contributed by atoms with Crippen molar-refractivity contribution in [3.8, 4) is 0 Å². The van der Waals surface area contributed by atoms with E-state index in [1.54, 1.807) is 28.4 Å². The number of alkyl halides is 1. The van der Waals surface area contributed by atoms with Gasteiger partial charge in [-0.1, -0.05) is 19.1 Å². The first-order valence-corrected chi connectivity index (χ1v) is 10.2. The molecular weight excluding hydrogens is 387 g/mol. The lowest BCUT2D eigenvalue weighted by Crippen LogP contribution is -2.43. The molecule has 2 aromatic rings. The van der Waals surface area contributed by atoms with Crippen molar-refractivity contribution in [3.63, 3.8) is 0 Å². The van der Waals surface area contributed by atoms with Crippen LogP contribution in [0.15, 0.2) is 35.7 Å². The number of hydrogen-bond donors (Lipinski definition) is 0. The number of carbonyl (C=O) groups excluding carboxylic acids is 2. The van der Waals surface area contributed by atoms with Crippen molar-refractivity contribution < 1.29 is 14.0 Å². The highest BCUT2D eigenvalue weighted by atomic mass is 35.5. The zero-order valence-corrected chi connectivity index (χ0v) is 17.2. The summed E-state index contributed by atoms with van der Waals surface area (Å²) in [4.78, 5) is 29.3. The van der Waals surface area contributed by atoms with Gasteiger partial charge in [-0.2, -0.15) is 0 Å². The molecule has 1 heterocycles. The van der Waals surface area contributed by atoms with E-state index in [9.17, 15) is 14.0 Å². The lowest BCUT2D eigenvalue weighted by atomic mass is 10.2. The van der Waals surface area contributed by atoms with E-state index in [0.717, 1.165) is 22.4 Å². The van der Waals surface area contributed by atoms with Crippen LogP contribution in [-0.4, -0.2) is 40.6 Å². The Bertz CT molecular complexity index is 764. The SMILES string of the molecule is CCCN(CC(=O)N(Cc1ccc(F)cc1)Cc1sccc1C)C(=O)CCl. The van der Waals surface area contributed by atoms with Crippen molar-refractivity contribution >= 4 is 34.8 Å². The van der Waals surface area contributed by atoms with Gasteiger partial charge in [-0.15, -0.1) is 22.9 Å². The Balaban J connectivity index is 2.18. The van der Waals surface area contributed by atoms with Crippen molar-refractivity contribution in [2.24, 2.45) is 0 Å². The van der Waals surface area contributed by atoms with E-state index in [4.69, 9.17) is 11.6 Å². The van der Waals surface area contributed by atoms with E-state index in [1.165, 1.54) is 17.0 Å². The number of amides is 2. The van der Waals surface area contributed by atoms with E-state index in [2.05, 4.69) is 0 Å². The van der Waals surface area contributed by atoms with Crippen LogP contribution in [0.25, 0.3) is 0 Å². The van der Waals surface area contributed by atoms with Crippen LogP contribution in [0, 0.1) is 12.7 Å². The van der Waals surface area contributed by atoms with Gasteiger partial charge in [-0.25, -0.2) is 4.39 Å². The standard InChI is InChI=1S/C20H24ClFN2O2S/c1-3-9-23(19(25)11-21)14-20(26)24(13-18-15(2)8-10-27-18)12-16-4-6-17(22)7-5-16/h4-8,10H,3,9,11-14H2,1-2H3. The molecule has 0 aliphatic heterocycles. The molecule has 4 nitrogen and oxygen atoms in total. The molecular formula is C20H24ClFN2O2S. The fraction of sp³-hybridized carbons (Fsp3) is 0.400. The summed E-state index contributed by atoms with van der Waals surface area (Å²) in [6.07, 6.45) is 0.748. The minimum absolute atomic E-state index is 0.00892. The highest BCUT2D eigenvalue weighted by Gasteiger charge is 2.21. The third-order valence-electron chi connectivity index (χ3n) is 4.23. The molecule has 0 radical (unpaired) electrons. The Labute approximate surface area is 168 Å². The number of benzene rings is 1. The van der Waals surface area contributed by atoms with Gasteiger partial charge in [0, 0.05) is 18.0 Å². The van der Waals surface area contributed by atoms with E-state index in [-0.39, 0.29) is 30.1 Å². The molecule has 2 rings (SSSR count). The Morgan fingerprint density at radius 2 is 1.78 bits per heavy atom. The molecule has 0 bridgehead atoms. The van der Waals surface area contributed by atoms with Crippen molar-refractivity contribution in [1.82, 2.24) is 9.80 Å². The molecule has 27 heavy (non-hydrogen) atoms. The molecule has 146 valence electrons. The zero-order valence-electron chi connectivity index (χ0n) is 15.6. The second-order valence-corrected chi connectivity index (χ2v) is 7.62. The van der Waals surface area contributed by atoms with Crippen molar-refractivity contribution in [3.05, 3.63) is 57.5 Å². The lowest BCUT2D eigenvalue weighted by molar-refractivity contribution is -0.140. The van der Waals surface area contributed by atoms with Crippen molar-refractivity contribution in [2.45, 2.75) is 33.4 Å². The van der Waals surface area contributed by atoms with Crippen LogP contribution >= 0.6 is 22.9 Å². The zero-order chi connectivity index (χ0) is 19.8. The summed E-state index contributed by atoms with van der Waals surface area (Å²) in [6.45, 7) is 5.24. The predicted octanol–water partition coefficient (Wildman–Crippen LogP) is 4.20. The van der Waals surface area contributed by atoms with Gasteiger partial charge in [0.2, 0.25) is 11.8 Å². The number of rotatable bonds is 9. The molecule has 0 aliphatic rings. The third kappa shape index (κ3) is 6.33. The van der Waals surface area contributed by atoms with Crippen LogP contribution in [0.4, 0.5) is 4.39 Å². The number of halogens is 2. The molecule has 1 aromatic carbocycles. The van der Waals surface area contributed by atoms with Gasteiger partial charge in [0.25, 0.3) is 0 Å². The summed E-state index contributed by atoms with van der Waals surface area (Å²) >= 11 is 7.27. The minimum atomic E-state index is -0.312. The first-order valence-electron chi connectivity index (χ1n) is 8.83. The summed E-state index contributed by atoms with van der Waals surface area (Å²) in [6, 6.07) is 8.12. The molecule has 0 unspecified atom stereocenters. The quantitative estimate of drug-likeness (QED) is 0.581. The largest absolute Gasteiger partial charge is 0.332 e. The number of hydrogen-bond acceptors (Lipinski definition) is 3. The van der Waals surface area contributed by atoms with Crippen molar-refractivity contribution in [2.75, 3.05) is 19.0 Å². The van der Waals surface area contributed by atoms with Gasteiger partial charge in [0.15, 0.2) is 0 Å². The first-order chi connectivity index (χ1) is 12.9. The van der Waals surface area contributed by atoms with Crippen molar-refractivity contribution in [1.29, 1.82) is 0 Å². The summed E-state index contributed by atoms with van der Waals surface area (Å²) in [5, 5.41) is 1.99. The highest BCUT2D eigenvalue weighted by molar-refractivity contribution is 7.10. The maximum atomic E-state index is 13.2. The number of thiophene rings is 1. The molecule has 0 N–H and O–H groups in total. The summed E-state index contributed by atoms with van der Waals surface area (Å²) in [5.41, 5.74) is 1.96. The molecule has 0 fully saturated rings. The van der Waals surface area contributed by atoms with Gasteiger partial charge < -0.3 is 9.80 Å². The highest BCUT2D eigenvalue weighted by Crippen LogP contribution is 2.20. The fourth-order valence-corrected chi connectivity index (χ4v) is 3.78. The van der Waals surface area contributed by atoms with E-state index < -0.39 is 0 Å². The molecule has 7 heteroatoms. The van der Waals surface area contributed by atoms with Gasteiger partial charge in [-0.05, 0) is 48.1 Å². The Morgan fingerprint density at radius 3 is 2.33 bits per heavy atom. The second kappa shape index (κ2) is 10.4. The van der Waals surface area contributed by atoms with Crippen LogP contribution in [0.3, 0.4) is 0 Å². The molecule has 0 spiro atoms. The third-order valence-corrected chi connectivity index (χ3v) is 5.47. The normalized spacial score (nSPS) is 10.7. The van der Waals surface area contributed by atoms with Crippen LogP contribution in [-0.2, 0) is 22.7 Å². The summed E-state index contributed by atoms with van der Waals surface area (Å²) in [5.74, 6) is -0.859. The smallest absolute Gasteiger partial charge is 0.242 e. The van der Waals surface area contributed by atoms with Crippen LogP contribution in [0.5, 0.6) is 0 Å². The van der Waals surface area contributed by atoms with Crippen LogP contribution in [0.2, 0.25) is 0 Å². The number of nitrogens with zero attached hydrogens (tertiary/aromatic N) is 2. The predicted molar refractivity (Wildman–Crippen MR) is 107 cm³/mol.